The third kappa shape index (κ3) is 3.60. The first-order chi connectivity index (χ1) is 6.79. The van der Waals surface area contributed by atoms with E-state index in [0.29, 0.717) is 0 Å². The number of hydrogen-bond acceptors (Lipinski definition) is 6. The lowest BCUT2D eigenvalue weighted by atomic mass is 10.1. The average molecular weight is 233 g/mol. The third-order valence-corrected chi connectivity index (χ3v) is 2.66. The van der Waals surface area contributed by atoms with Gasteiger partial charge < -0.3 is 10.3 Å². The van der Waals surface area contributed by atoms with Crippen LogP contribution in [-0.2, 0) is 15.6 Å². The van der Waals surface area contributed by atoms with Gasteiger partial charge in [0.15, 0.2) is 15.7 Å². The number of sulfone groups is 1. The monoisotopic (exact) mass is 233 g/mol. The zero-order valence-corrected chi connectivity index (χ0v) is 9.78. The topological polar surface area (TPSA) is 99.1 Å². The van der Waals surface area contributed by atoms with Crippen LogP contribution in [0, 0.1) is 5.92 Å². The highest BCUT2D eigenvalue weighted by molar-refractivity contribution is 7.89. The Morgan fingerprint density at radius 2 is 2.07 bits per heavy atom. The summed E-state index contributed by atoms with van der Waals surface area (Å²) in [7, 11) is -3.14. The maximum absolute atomic E-state index is 11.0. The molecule has 0 saturated carbocycles. The van der Waals surface area contributed by atoms with Crippen molar-refractivity contribution >= 4 is 9.84 Å². The Balaban J connectivity index is 2.81. The lowest BCUT2D eigenvalue weighted by Gasteiger charge is -2.09. The van der Waals surface area contributed by atoms with Gasteiger partial charge in [0.05, 0.1) is 6.04 Å². The first-order valence-corrected chi connectivity index (χ1v) is 6.61. The maximum Gasteiger partial charge on any atom is 0.243 e. The Morgan fingerprint density at radius 3 is 2.53 bits per heavy atom. The molecule has 0 bridgehead atoms. The van der Waals surface area contributed by atoms with Crippen LogP contribution in [0.1, 0.15) is 31.6 Å². The third-order valence-electron chi connectivity index (χ3n) is 1.88. The Kier molecular flexibility index (Phi) is 3.46. The molecule has 0 aromatic carbocycles. The van der Waals surface area contributed by atoms with Crippen LogP contribution in [0.2, 0.25) is 0 Å². The summed E-state index contributed by atoms with van der Waals surface area (Å²) in [4.78, 5) is 3.93. The minimum Gasteiger partial charge on any atom is -0.338 e. The molecule has 0 spiro atoms. The van der Waals surface area contributed by atoms with Crippen molar-refractivity contribution in [2.75, 3.05) is 6.26 Å². The molecule has 0 fully saturated rings. The van der Waals surface area contributed by atoms with Gasteiger partial charge >= 0.3 is 0 Å². The molecule has 0 aliphatic heterocycles. The second-order valence-electron chi connectivity index (χ2n) is 3.89. The SMILES string of the molecule is CC(C)[C@@H](N)c1nc(CS(C)(=O)=O)no1. The van der Waals surface area contributed by atoms with Gasteiger partial charge in [-0.2, -0.15) is 4.98 Å². The predicted molar refractivity (Wildman–Crippen MR) is 54.6 cm³/mol. The van der Waals surface area contributed by atoms with Crippen molar-refractivity contribution in [2.24, 2.45) is 11.7 Å². The fraction of sp³-hybridized carbons (Fsp3) is 0.750. The Morgan fingerprint density at radius 1 is 1.47 bits per heavy atom. The van der Waals surface area contributed by atoms with Crippen LogP contribution in [0.4, 0.5) is 0 Å². The summed E-state index contributed by atoms with van der Waals surface area (Å²) in [6, 6.07) is -0.356. The molecular weight excluding hydrogens is 218 g/mol. The highest BCUT2D eigenvalue weighted by atomic mass is 32.2. The van der Waals surface area contributed by atoms with Crippen LogP contribution in [0.15, 0.2) is 4.52 Å². The molecule has 15 heavy (non-hydrogen) atoms. The van der Waals surface area contributed by atoms with E-state index in [1.165, 1.54) is 0 Å². The van der Waals surface area contributed by atoms with E-state index in [9.17, 15) is 8.42 Å². The van der Waals surface area contributed by atoms with Gasteiger partial charge in [0.1, 0.15) is 5.75 Å². The lowest BCUT2D eigenvalue weighted by Crippen LogP contribution is -2.17. The summed E-state index contributed by atoms with van der Waals surface area (Å²) in [5, 5.41) is 3.56. The minimum absolute atomic E-state index is 0.156. The molecule has 2 N–H and O–H groups in total. The molecule has 1 atom stereocenters. The molecule has 0 saturated heterocycles. The Labute approximate surface area is 88.8 Å². The van der Waals surface area contributed by atoms with Crippen LogP contribution in [0.3, 0.4) is 0 Å². The fourth-order valence-corrected chi connectivity index (χ4v) is 1.57. The summed E-state index contributed by atoms with van der Waals surface area (Å²) in [6.07, 6.45) is 1.12. The quantitative estimate of drug-likeness (QED) is 0.801. The zero-order chi connectivity index (χ0) is 11.6. The van der Waals surface area contributed by atoms with Crippen molar-refractivity contribution < 1.29 is 12.9 Å². The van der Waals surface area contributed by atoms with Gasteiger partial charge in [0.2, 0.25) is 5.89 Å². The summed E-state index contributed by atoms with van der Waals surface area (Å²) in [5.41, 5.74) is 5.77. The molecule has 7 heteroatoms. The second-order valence-corrected chi connectivity index (χ2v) is 6.03. The van der Waals surface area contributed by atoms with Crippen LogP contribution in [-0.4, -0.2) is 24.8 Å². The number of rotatable bonds is 4. The number of hydrogen-bond donors (Lipinski definition) is 1. The summed E-state index contributed by atoms with van der Waals surface area (Å²) in [5.74, 6) is 0.380. The van der Waals surface area contributed by atoms with Gasteiger partial charge in [-0.1, -0.05) is 19.0 Å². The standard InChI is InChI=1S/C8H15N3O3S/c1-5(2)7(9)8-10-6(11-14-8)4-15(3,12)13/h5,7H,4,9H2,1-3H3/t7-/m1/s1. The molecule has 1 aromatic heterocycles. The van der Waals surface area contributed by atoms with Crippen LogP contribution < -0.4 is 5.73 Å². The molecule has 0 unspecified atom stereocenters. The minimum atomic E-state index is -3.14. The molecule has 1 heterocycles. The van der Waals surface area contributed by atoms with E-state index in [2.05, 4.69) is 10.1 Å². The van der Waals surface area contributed by atoms with Crippen molar-refractivity contribution in [3.63, 3.8) is 0 Å². The summed E-state index contributed by atoms with van der Waals surface area (Å²) >= 11 is 0. The van der Waals surface area contributed by atoms with Crippen LogP contribution in [0.5, 0.6) is 0 Å². The normalized spacial score (nSPS) is 14.5. The predicted octanol–water partition coefficient (Wildman–Crippen LogP) is 0.270. The van der Waals surface area contributed by atoms with E-state index < -0.39 is 9.84 Å². The van der Waals surface area contributed by atoms with Gasteiger partial charge in [0, 0.05) is 6.26 Å². The molecular formula is C8H15N3O3S. The number of nitrogens with zero attached hydrogens (tertiary/aromatic N) is 2. The number of nitrogens with two attached hydrogens (primary N) is 1. The smallest absolute Gasteiger partial charge is 0.243 e. The van der Waals surface area contributed by atoms with Gasteiger partial charge in [-0.3, -0.25) is 0 Å². The van der Waals surface area contributed by atoms with Crippen molar-refractivity contribution in [2.45, 2.75) is 25.6 Å². The van der Waals surface area contributed by atoms with E-state index in [1.54, 1.807) is 0 Å². The molecule has 1 rings (SSSR count). The van der Waals surface area contributed by atoms with Gasteiger partial charge in [-0.15, -0.1) is 0 Å². The molecule has 0 aliphatic carbocycles. The molecule has 0 amide bonds. The zero-order valence-electron chi connectivity index (χ0n) is 8.97. The van der Waals surface area contributed by atoms with Gasteiger partial charge in [-0.25, -0.2) is 8.42 Å². The van der Waals surface area contributed by atoms with E-state index in [4.69, 9.17) is 10.3 Å². The molecule has 6 nitrogen and oxygen atoms in total. The summed E-state index contributed by atoms with van der Waals surface area (Å²) in [6.45, 7) is 3.84. The fourth-order valence-electron chi connectivity index (χ4n) is 0.981. The molecule has 1 aromatic rings. The first kappa shape index (κ1) is 12.1. The molecule has 0 radical (unpaired) electrons. The van der Waals surface area contributed by atoms with Crippen molar-refractivity contribution in [1.29, 1.82) is 0 Å². The van der Waals surface area contributed by atoms with Gasteiger partial charge in [0.25, 0.3) is 0 Å². The largest absolute Gasteiger partial charge is 0.338 e. The van der Waals surface area contributed by atoms with Crippen LogP contribution in [0.25, 0.3) is 0 Å². The van der Waals surface area contributed by atoms with Gasteiger partial charge in [-0.05, 0) is 5.92 Å². The Hall–Kier alpha value is -0.950. The van der Waals surface area contributed by atoms with Crippen molar-refractivity contribution in [3.8, 4) is 0 Å². The van der Waals surface area contributed by atoms with Crippen molar-refractivity contribution in [3.05, 3.63) is 11.7 Å². The highest BCUT2D eigenvalue weighted by Gasteiger charge is 2.19. The van der Waals surface area contributed by atoms with Crippen molar-refractivity contribution in [1.82, 2.24) is 10.1 Å². The van der Waals surface area contributed by atoms with E-state index in [0.717, 1.165) is 6.26 Å². The highest BCUT2D eigenvalue weighted by Crippen LogP contribution is 2.16. The maximum atomic E-state index is 11.0. The summed E-state index contributed by atoms with van der Waals surface area (Å²) < 4.78 is 26.8. The van der Waals surface area contributed by atoms with E-state index >= 15 is 0 Å². The molecule has 86 valence electrons. The number of aromatic nitrogens is 2. The molecule has 0 aliphatic rings. The van der Waals surface area contributed by atoms with Crippen LogP contribution >= 0.6 is 0 Å². The van der Waals surface area contributed by atoms with E-state index in [1.807, 2.05) is 13.8 Å². The lowest BCUT2D eigenvalue weighted by molar-refractivity contribution is 0.323. The average Bonchev–Trinajstić information content (AvgIpc) is 2.48. The Bertz CT molecular complexity index is 424. The van der Waals surface area contributed by atoms with E-state index in [-0.39, 0.29) is 29.4 Å². The second kappa shape index (κ2) is 4.28. The first-order valence-electron chi connectivity index (χ1n) is 4.55.